The van der Waals surface area contributed by atoms with Gasteiger partial charge in [-0.1, -0.05) is 47.5 Å². The highest BCUT2D eigenvalue weighted by Crippen LogP contribution is 2.39. The molecule has 0 fully saturated rings. The summed E-state index contributed by atoms with van der Waals surface area (Å²) >= 11 is 6.20. The molecule has 0 saturated carbocycles. The maximum Gasteiger partial charge on any atom is 0.178 e. The van der Waals surface area contributed by atoms with Crippen molar-refractivity contribution in [2.45, 2.75) is 46.2 Å². The van der Waals surface area contributed by atoms with Gasteiger partial charge in [0.1, 0.15) is 17.3 Å². The first-order chi connectivity index (χ1) is 19.2. The van der Waals surface area contributed by atoms with Crippen LogP contribution in [0.1, 0.15) is 49.3 Å². The molecular formula is C31H30ClN7O. The number of halogens is 1. The van der Waals surface area contributed by atoms with E-state index in [1.54, 1.807) is 0 Å². The van der Waals surface area contributed by atoms with Crippen LogP contribution >= 0.6 is 11.6 Å². The Kier molecular flexibility index (Phi) is 6.43. The van der Waals surface area contributed by atoms with E-state index in [1.807, 2.05) is 58.0 Å². The molecule has 0 amide bonds. The van der Waals surface area contributed by atoms with E-state index in [0.717, 1.165) is 33.5 Å². The van der Waals surface area contributed by atoms with E-state index < -0.39 is 6.04 Å². The average molecular weight is 552 g/mol. The zero-order chi connectivity index (χ0) is 28.0. The summed E-state index contributed by atoms with van der Waals surface area (Å²) in [7, 11) is 0. The SMILES string of the molecule is Cc1ccc(NC(c2cn(-c3ccc(Cl)cc3)nc2-c2oc3ccccc3c2C)c2nnnn2C(C)(C)C)cc1. The number of hydrogen-bond donors (Lipinski definition) is 1. The van der Waals surface area contributed by atoms with Crippen molar-refractivity contribution in [3.05, 3.63) is 107 Å². The molecule has 0 aliphatic heterocycles. The number of anilines is 1. The lowest BCUT2D eigenvalue weighted by molar-refractivity contribution is 0.333. The van der Waals surface area contributed by atoms with Crippen LogP contribution in [0.5, 0.6) is 0 Å². The van der Waals surface area contributed by atoms with Crippen LogP contribution in [0.15, 0.2) is 83.4 Å². The normalized spacial score (nSPS) is 12.7. The van der Waals surface area contributed by atoms with Crippen LogP contribution in [-0.4, -0.2) is 30.0 Å². The van der Waals surface area contributed by atoms with Crippen LogP contribution in [0.2, 0.25) is 5.02 Å². The number of fused-ring (bicyclic) bond motifs is 1. The van der Waals surface area contributed by atoms with Crippen molar-refractivity contribution >= 4 is 28.3 Å². The average Bonchev–Trinajstić information content (AvgIpc) is 3.67. The van der Waals surface area contributed by atoms with Crippen molar-refractivity contribution in [1.29, 1.82) is 0 Å². The van der Waals surface area contributed by atoms with Gasteiger partial charge in [0.25, 0.3) is 0 Å². The third-order valence-electron chi connectivity index (χ3n) is 6.95. The minimum absolute atomic E-state index is 0.354. The highest BCUT2D eigenvalue weighted by atomic mass is 35.5. The predicted octanol–water partition coefficient (Wildman–Crippen LogP) is 7.50. The number of nitrogens with zero attached hydrogens (tertiary/aromatic N) is 6. The maximum absolute atomic E-state index is 6.44. The number of para-hydroxylation sites is 1. The van der Waals surface area contributed by atoms with Crippen molar-refractivity contribution in [2.75, 3.05) is 5.32 Å². The van der Waals surface area contributed by atoms with Gasteiger partial charge in [-0.25, -0.2) is 9.36 Å². The highest BCUT2D eigenvalue weighted by molar-refractivity contribution is 6.30. The first-order valence-electron chi connectivity index (χ1n) is 13.1. The lowest BCUT2D eigenvalue weighted by Gasteiger charge is -2.25. The molecule has 0 bridgehead atoms. The maximum atomic E-state index is 6.44. The molecule has 40 heavy (non-hydrogen) atoms. The van der Waals surface area contributed by atoms with Gasteiger partial charge in [-0.05, 0) is 87.5 Å². The zero-order valence-corrected chi connectivity index (χ0v) is 23.8. The highest BCUT2D eigenvalue weighted by Gasteiger charge is 2.32. The molecule has 1 unspecified atom stereocenters. The third-order valence-corrected chi connectivity index (χ3v) is 7.21. The van der Waals surface area contributed by atoms with Crippen molar-refractivity contribution in [3.8, 4) is 17.1 Å². The topological polar surface area (TPSA) is 86.6 Å². The molecule has 6 aromatic rings. The van der Waals surface area contributed by atoms with E-state index in [0.29, 0.717) is 22.3 Å². The van der Waals surface area contributed by atoms with Crippen LogP contribution in [0.3, 0.4) is 0 Å². The van der Waals surface area contributed by atoms with Gasteiger partial charge in [0.2, 0.25) is 0 Å². The number of nitrogens with one attached hydrogen (secondary N) is 1. The number of hydrogen-bond acceptors (Lipinski definition) is 6. The van der Waals surface area contributed by atoms with E-state index in [9.17, 15) is 0 Å². The molecule has 3 heterocycles. The number of benzene rings is 3. The van der Waals surface area contributed by atoms with Gasteiger partial charge in [-0.2, -0.15) is 5.10 Å². The molecule has 202 valence electrons. The Balaban J connectivity index is 1.60. The molecule has 0 radical (unpaired) electrons. The van der Waals surface area contributed by atoms with E-state index >= 15 is 0 Å². The Hall–Kier alpha value is -4.43. The molecule has 1 atom stereocenters. The first-order valence-corrected chi connectivity index (χ1v) is 13.5. The Morgan fingerprint density at radius 3 is 2.35 bits per heavy atom. The summed E-state index contributed by atoms with van der Waals surface area (Å²) < 4.78 is 10.1. The van der Waals surface area contributed by atoms with Crippen LogP contribution in [0, 0.1) is 13.8 Å². The second-order valence-corrected chi connectivity index (χ2v) is 11.4. The first kappa shape index (κ1) is 25.8. The summed E-state index contributed by atoms with van der Waals surface area (Å²) in [6.07, 6.45) is 2.01. The largest absolute Gasteiger partial charge is 0.454 e. The van der Waals surface area contributed by atoms with Gasteiger partial charge in [-0.15, -0.1) is 5.10 Å². The minimum Gasteiger partial charge on any atom is -0.454 e. The van der Waals surface area contributed by atoms with Crippen LogP contribution < -0.4 is 5.32 Å². The Morgan fingerprint density at radius 2 is 1.65 bits per heavy atom. The molecule has 3 aromatic carbocycles. The molecule has 0 saturated heterocycles. The molecule has 3 aromatic heterocycles. The van der Waals surface area contributed by atoms with Gasteiger partial charge in [0.05, 0.1) is 11.2 Å². The predicted molar refractivity (Wildman–Crippen MR) is 158 cm³/mol. The summed E-state index contributed by atoms with van der Waals surface area (Å²) in [5.74, 6) is 1.37. The number of tetrazole rings is 1. The standard InChI is InChI=1S/C31H30ClN7O/c1-19-10-14-22(15-11-19)33-28(30-34-36-37-39(30)31(3,4)5)25-18-38(23-16-12-21(32)13-17-23)35-27(25)29-20(2)24-8-6-7-9-26(24)40-29/h6-18,28,33H,1-5H3. The van der Waals surface area contributed by atoms with Gasteiger partial charge in [0, 0.05) is 33.4 Å². The van der Waals surface area contributed by atoms with Gasteiger partial charge < -0.3 is 9.73 Å². The van der Waals surface area contributed by atoms with Crippen LogP contribution in [-0.2, 0) is 5.54 Å². The summed E-state index contributed by atoms with van der Waals surface area (Å²) in [6.45, 7) is 10.4. The summed E-state index contributed by atoms with van der Waals surface area (Å²) in [6, 6.07) is 23.4. The van der Waals surface area contributed by atoms with E-state index in [-0.39, 0.29) is 5.54 Å². The van der Waals surface area contributed by atoms with E-state index in [4.69, 9.17) is 21.1 Å². The van der Waals surface area contributed by atoms with E-state index in [1.165, 1.54) is 5.56 Å². The van der Waals surface area contributed by atoms with Crippen molar-refractivity contribution < 1.29 is 4.42 Å². The Morgan fingerprint density at radius 1 is 0.925 bits per heavy atom. The van der Waals surface area contributed by atoms with Crippen molar-refractivity contribution in [2.24, 2.45) is 0 Å². The van der Waals surface area contributed by atoms with Gasteiger partial charge >= 0.3 is 0 Å². The fraction of sp³-hybridized carbons (Fsp3) is 0.226. The van der Waals surface area contributed by atoms with Crippen LogP contribution in [0.25, 0.3) is 28.1 Å². The number of furan rings is 1. The summed E-state index contributed by atoms with van der Waals surface area (Å²) in [4.78, 5) is 0. The molecule has 1 N–H and O–H groups in total. The van der Waals surface area contributed by atoms with E-state index in [2.05, 4.69) is 85.8 Å². The molecule has 0 spiro atoms. The monoisotopic (exact) mass is 551 g/mol. The molecule has 8 nitrogen and oxygen atoms in total. The molecule has 0 aliphatic rings. The fourth-order valence-electron chi connectivity index (χ4n) is 4.85. The van der Waals surface area contributed by atoms with Gasteiger partial charge in [-0.3, -0.25) is 0 Å². The second-order valence-electron chi connectivity index (χ2n) is 11.0. The molecular weight excluding hydrogens is 522 g/mol. The quantitative estimate of drug-likeness (QED) is 0.231. The molecule has 0 aliphatic carbocycles. The number of aryl methyl sites for hydroxylation is 2. The van der Waals surface area contributed by atoms with Crippen molar-refractivity contribution in [1.82, 2.24) is 30.0 Å². The molecule has 9 heteroatoms. The fourth-order valence-corrected chi connectivity index (χ4v) is 4.98. The van der Waals surface area contributed by atoms with Gasteiger partial charge in [0.15, 0.2) is 11.6 Å². The van der Waals surface area contributed by atoms with Crippen molar-refractivity contribution in [3.63, 3.8) is 0 Å². The minimum atomic E-state index is -0.444. The summed E-state index contributed by atoms with van der Waals surface area (Å²) in [5.41, 5.74) is 6.03. The number of aromatic nitrogens is 6. The Bertz CT molecular complexity index is 1790. The Labute approximate surface area is 237 Å². The second kappa shape index (κ2) is 9.95. The third kappa shape index (κ3) is 4.75. The zero-order valence-electron chi connectivity index (χ0n) is 23.1. The van der Waals surface area contributed by atoms with Crippen LogP contribution in [0.4, 0.5) is 5.69 Å². The lowest BCUT2D eigenvalue weighted by atomic mass is 10.0. The number of rotatable bonds is 6. The summed E-state index contributed by atoms with van der Waals surface area (Å²) in [5, 5.41) is 23.4. The molecule has 6 rings (SSSR count). The smallest absolute Gasteiger partial charge is 0.178 e. The lowest BCUT2D eigenvalue weighted by Crippen LogP contribution is -2.29.